The molecule has 7 heteroatoms. The highest BCUT2D eigenvalue weighted by molar-refractivity contribution is 9.10. The average molecular weight is 311 g/mol. The summed E-state index contributed by atoms with van der Waals surface area (Å²) in [5, 5.41) is 10.6. The van der Waals surface area contributed by atoms with Crippen LogP contribution in [0.1, 0.15) is 16.2 Å². The molecule has 2 rings (SSSR count). The Labute approximate surface area is 112 Å². The zero-order valence-electron chi connectivity index (χ0n) is 9.39. The number of carbonyl (C=O) groups excluding carboxylic acids is 1. The molecular formula is C11H11BrN4O2. The lowest BCUT2D eigenvalue weighted by atomic mass is 10.3. The van der Waals surface area contributed by atoms with Crippen LogP contribution in [0.4, 0.5) is 5.82 Å². The molecule has 0 saturated carbocycles. The van der Waals surface area contributed by atoms with Gasteiger partial charge in [0.1, 0.15) is 11.6 Å². The Morgan fingerprint density at radius 3 is 2.72 bits per heavy atom. The van der Waals surface area contributed by atoms with Gasteiger partial charge in [-0.25, -0.2) is 0 Å². The fourth-order valence-electron chi connectivity index (χ4n) is 1.36. The fourth-order valence-corrected chi connectivity index (χ4v) is 1.70. The standard InChI is InChI=1S/C11H11BrN4O2/c12-9-3-1-7(18-9)5-6-14-10-4-2-8(11(13)17)15-16-10/h1-4H,5-6H2,(H2,13,17)(H,14,16). The van der Waals surface area contributed by atoms with Crippen molar-refractivity contribution >= 4 is 27.7 Å². The third kappa shape index (κ3) is 3.30. The molecule has 0 fully saturated rings. The van der Waals surface area contributed by atoms with Gasteiger partial charge in [-0.3, -0.25) is 4.79 Å². The molecule has 1 amide bonds. The minimum absolute atomic E-state index is 0.149. The zero-order valence-corrected chi connectivity index (χ0v) is 11.0. The van der Waals surface area contributed by atoms with Crippen molar-refractivity contribution < 1.29 is 9.21 Å². The first-order chi connectivity index (χ1) is 8.65. The van der Waals surface area contributed by atoms with Gasteiger partial charge in [-0.15, -0.1) is 10.2 Å². The summed E-state index contributed by atoms with van der Waals surface area (Å²) in [7, 11) is 0. The monoisotopic (exact) mass is 310 g/mol. The number of rotatable bonds is 5. The molecular weight excluding hydrogens is 300 g/mol. The number of hydrogen-bond donors (Lipinski definition) is 2. The summed E-state index contributed by atoms with van der Waals surface area (Å²) in [5.41, 5.74) is 5.21. The second-order valence-electron chi connectivity index (χ2n) is 3.55. The second kappa shape index (κ2) is 5.63. The lowest BCUT2D eigenvalue weighted by molar-refractivity contribution is 0.0994. The Balaban J connectivity index is 1.85. The van der Waals surface area contributed by atoms with E-state index >= 15 is 0 Å². The Morgan fingerprint density at radius 1 is 1.33 bits per heavy atom. The molecule has 18 heavy (non-hydrogen) atoms. The van der Waals surface area contributed by atoms with E-state index in [9.17, 15) is 4.79 Å². The summed E-state index contributed by atoms with van der Waals surface area (Å²) in [6, 6.07) is 6.93. The summed E-state index contributed by atoms with van der Waals surface area (Å²) in [6.45, 7) is 0.657. The average Bonchev–Trinajstić information content (AvgIpc) is 2.76. The summed E-state index contributed by atoms with van der Waals surface area (Å²) >= 11 is 3.24. The third-order valence-corrected chi connectivity index (χ3v) is 2.65. The molecule has 0 atom stereocenters. The van der Waals surface area contributed by atoms with Crippen molar-refractivity contribution in [3.63, 3.8) is 0 Å². The van der Waals surface area contributed by atoms with Crippen molar-refractivity contribution in [1.29, 1.82) is 0 Å². The van der Waals surface area contributed by atoms with Gasteiger partial charge in [-0.05, 0) is 40.2 Å². The van der Waals surface area contributed by atoms with Gasteiger partial charge in [0.25, 0.3) is 5.91 Å². The molecule has 6 nitrogen and oxygen atoms in total. The van der Waals surface area contributed by atoms with E-state index in [2.05, 4.69) is 31.4 Å². The number of amides is 1. The van der Waals surface area contributed by atoms with Gasteiger partial charge in [0.2, 0.25) is 0 Å². The largest absolute Gasteiger partial charge is 0.454 e. The number of halogens is 1. The highest BCUT2D eigenvalue weighted by Crippen LogP contribution is 2.14. The number of primary amides is 1. The van der Waals surface area contributed by atoms with Crippen LogP contribution in [0.25, 0.3) is 0 Å². The normalized spacial score (nSPS) is 10.3. The van der Waals surface area contributed by atoms with Crippen molar-refractivity contribution in [2.24, 2.45) is 5.73 Å². The Bertz CT molecular complexity index is 538. The van der Waals surface area contributed by atoms with E-state index in [1.54, 1.807) is 6.07 Å². The van der Waals surface area contributed by atoms with Crippen LogP contribution >= 0.6 is 15.9 Å². The summed E-state index contributed by atoms with van der Waals surface area (Å²) < 4.78 is 6.06. The quantitative estimate of drug-likeness (QED) is 0.874. The molecule has 0 bridgehead atoms. The number of nitrogens with zero attached hydrogens (tertiary/aromatic N) is 2. The number of anilines is 1. The van der Waals surface area contributed by atoms with E-state index in [0.29, 0.717) is 17.0 Å². The van der Waals surface area contributed by atoms with Crippen molar-refractivity contribution in [3.8, 4) is 0 Å². The van der Waals surface area contributed by atoms with Crippen molar-refractivity contribution in [2.45, 2.75) is 6.42 Å². The van der Waals surface area contributed by atoms with Crippen LogP contribution in [0.15, 0.2) is 33.4 Å². The maximum Gasteiger partial charge on any atom is 0.269 e. The van der Waals surface area contributed by atoms with Gasteiger partial charge in [0.15, 0.2) is 10.4 Å². The molecule has 0 radical (unpaired) electrons. The van der Waals surface area contributed by atoms with Crippen molar-refractivity contribution in [3.05, 3.63) is 40.4 Å². The van der Waals surface area contributed by atoms with Crippen LogP contribution < -0.4 is 11.1 Å². The van der Waals surface area contributed by atoms with E-state index in [0.717, 1.165) is 12.2 Å². The maximum absolute atomic E-state index is 10.8. The first kappa shape index (κ1) is 12.6. The third-order valence-electron chi connectivity index (χ3n) is 2.22. The minimum Gasteiger partial charge on any atom is -0.454 e. The van der Waals surface area contributed by atoms with Gasteiger partial charge >= 0.3 is 0 Å². The van der Waals surface area contributed by atoms with Gasteiger partial charge in [0, 0.05) is 13.0 Å². The molecule has 0 aliphatic heterocycles. The fraction of sp³-hybridized carbons (Fsp3) is 0.182. The lowest BCUT2D eigenvalue weighted by Crippen LogP contribution is -2.14. The predicted octanol–water partition coefficient (Wildman–Crippen LogP) is 1.59. The summed E-state index contributed by atoms with van der Waals surface area (Å²) in [4.78, 5) is 10.8. The van der Waals surface area contributed by atoms with Crippen LogP contribution in [0, 0.1) is 0 Å². The van der Waals surface area contributed by atoms with Gasteiger partial charge in [-0.2, -0.15) is 0 Å². The van der Waals surface area contributed by atoms with E-state index in [1.807, 2.05) is 12.1 Å². The van der Waals surface area contributed by atoms with Crippen LogP contribution in [-0.2, 0) is 6.42 Å². The number of nitrogens with one attached hydrogen (secondary N) is 1. The Morgan fingerprint density at radius 2 is 2.17 bits per heavy atom. The predicted molar refractivity (Wildman–Crippen MR) is 69.2 cm³/mol. The van der Waals surface area contributed by atoms with E-state index in [1.165, 1.54) is 6.07 Å². The Kier molecular flexibility index (Phi) is 3.93. The van der Waals surface area contributed by atoms with Crippen LogP contribution in [0.2, 0.25) is 0 Å². The van der Waals surface area contributed by atoms with Crippen LogP contribution in [0.5, 0.6) is 0 Å². The lowest BCUT2D eigenvalue weighted by Gasteiger charge is -2.03. The van der Waals surface area contributed by atoms with E-state index in [4.69, 9.17) is 10.2 Å². The zero-order chi connectivity index (χ0) is 13.0. The number of furan rings is 1. The molecule has 3 N–H and O–H groups in total. The van der Waals surface area contributed by atoms with E-state index < -0.39 is 5.91 Å². The second-order valence-corrected chi connectivity index (χ2v) is 4.33. The molecule has 0 unspecified atom stereocenters. The van der Waals surface area contributed by atoms with Crippen molar-refractivity contribution in [1.82, 2.24) is 10.2 Å². The molecule has 2 heterocycles. The molecule has 0 aliphatic carbocycles. The first-order valence-corrected chi connectivity index (χ1v) is 6.06. The molecule has 0 aromatic carbocycles. The van der Waals surface area contributed by atoms with Crippen molar-refractivity contribution in [2.75, 3.05) is 11.9 Å². The highest BCUT2D eigenvalue weighted by atomic mass is 79.9. The van der Waals surface area contributed by atoms with Gasteiger partial charge < -0.3 is 15.5 Å². The number of nitrogens with two attached hydrogens (primary N) is 1. The summed E-state index contributed by atoms with van der Waals surface area (Å²) in [5.74, 6) is 0.871. The molecule has 0 spiro atoms. The smallest absolute Gasteiger partial charge is 0.269 e. The van der Waals surface area contributed by atoms with E-state index in [-0.39, 0.29) is 5.69 Å². The van der Waals surface area contributed by atoms with Gasteiger partial charge in [0.05, 0.1) is 0 Å². The SMILES string of the molecule is NC(=O)c1ccc(NCCc2ccc(Br)o2)nn1. The summed E-state index contributed by atoms with van der Waals surface area (Å²) in [6.07, 6.45) is 0.727. The molecule has 0 saturated heterocycles. The molecule has 94 valence electrons. The first-order valence-electron chi connectivity index (χ1n) is 5.27. The Hall–Kier alpha value is -1.89. The number of carbonyl (C=O) groups is 1. The maximum atomic E-state index is 10.8. The topological polar surface area (TPSA) is 94.0 Å². The van der Waals surface area contributed by atoms with Crippen LogP contribution in [0.3, 0.4) is 0 Å². The molecule has 2 aromatic heterocycles. The van der Waals surface area contributed by atoms with Crippen LogP contribution in [-0.4, -0.2) is 22.6 Å². The highest BCUT2D eigenvalue weighted by Gasteiger charge is 2.03. The molecule has 0 aliphatic rings. The molecule has 2 aromatic rings. The number of hydrogen-bond acceptors (Lipinski definition) is 5. The number of aromatic nitrogens is 2. The van der Waals surface area contributed by atoms with Gasteiger partial charge in [-0.1, -0.05) is 0 Å². The minimum atomic E-state index is -0.588.